The summed E-state index contributed by atoms with van der Waals surface area (Å²) in [6.07, 6.45) is 5.61. The number of fused-ring (bicyclic) bond motifs is 1. The van der Waals surface area contributed by atoms with E-state index >= 15 is 0 Å². The number of aromatic nitrogens is 5. The Morgan fingerprint density at radius 2 is 1.57 bits per heavy atom. The number of carbonyl (C=O) groups is 5. The van der Waals surface area contributed by atoms with Crippen LogP contribution in [0.15, 0.2) is 79.0 Å². The molecule has 2 aromatic heterocycles. The zero-order valence-electron chi connectivity index (χ0n) is 38.8. The summed E-state index contributed by atoms with van der Waals surface area (Å²) >= 11 is 0. The number of phenols is 1. The number of anilines is 3. The van der Waals surface area contributed by atoms with Gasteiger partial charge in [-0.2, -0.15) is 0 Å². The predicted molar refractivity (Wildman–Crippen MR) is 256 cm³/mol. The number of amides is 5. The third-order valence-electron chi connectivity index (χ3n) is 13.8. The van der Waals surface area contributed by atoms with Crippen molar-refractivity contribution < 1.29 is 38.6 Å². The van der Waals surface area contributed by atoms with Crippen LogP contribution in [0.3, 0.4) is 0 Å². The molecule has 0 saturated carbocycles. The van der Waals surface area contributed by atoms with Gasteiger partial charge in [-0.3, -0.25) is 43.8 Å². The summed E-state index contributed by atoms with van der Waals surface area (Å²) in [5.41, 5.74) is 10.4. The smallest absolute Gasteiger partial charge is 0.266 e. The van der Waals surface area contributed by atoms with Crippen molar-refractivity contribution in [3.63, 3.8) is 0 Å². The first kappa shape index (κ1) is 46.1. The lowest BCUT2D eigenvalue weighted by molar-refractivity contribution is -0.138. The maximum atomic E-state index is 13.4. The van der Waals surface area contributed by atoms with Crippen LogP contribution >= 0.6 is 0 Å². The van der Waals surface area contributed by atoms with Crippen molar-refractivity contribution >= 4 is 46.7 Å². The number of unbranched alkanes of at least 4 members (excludes halogenated alkanes) is 1. The van der Waals surface area contributed by atoms with E-state index in [0.29, 0.717) is 41.6 Å². The van der Waals surface area contributed by atoms with Gasteiger partial charge in [0.15, 0.2) is 11.6 Å². The van der Waals surface area contributed by atoms with Crippen LogP contribution in [0.25, 0.3) is 11.3 Å². The van der Waals surface area contributed by atoms with Gasteiger partial charge in [0.25, 0.3) is 11.8 Å². The molecule has 70 heavy (non-hydrogen) atoms. The van der Waals surface area contributed by atoms with Crippen LogP contribution in [-0.2, 0) is 27.5 Å². The quantitative estimate of drug-likeness (QED) is 0.0949. The molecule has 0 aliphatic carbocycles. The van der Waals surface area contributed by atoms with Gasteiger partial charge in [0.2, 0.25) is 17.7 Å². The number of ether oxygens (including phenoxy) is 2. The average Bonchev–Trinajstić information content (AvgIpc) is 3.92. The number of benzene rings is 3. The van der Waals surface area contributed by atoms with Crippen molar-refractivity contribution in [2.24, 2.45) is 5.92 Å². The molecule has 2 atom stereocenters. The van der Waals surface area contributed by atoms with Gasteiger partial charge in [-0.1, -0.05) is 23.4 Å². The first-order chi connectivity index (χ1) is 34.0. The van der Waals surface area contributed by atoms with Gasteiger partial charge >= 0.3 is 0 Å². The van der Waals surface area contributed by atoms with Crippen molar-refractivity contribution in [3.05, 3.63) is 95.8 Å². The number of piperidine rings is 2. The lowest BCUT2D eigenvalue weighted by Crippen LogP contribution is -2.56. The molecule has 5 aromatic rings. The molecule has 20 nitrogen and oxygen atoms in total. The highest BCUT2D eigenvalue weighted by molar-refractivity contribution is 6.24. The Labute approximate surface area is 404 Å². The van der Waals surface area contributed by atoms with E-state index < -0.39 is 29.7 Å². The second kappa shape index (κ2) is 20.2. The van der Waals surface area contributed by atoms with Crippen LogP contribution in [-0.4, -0.2) is 146 Å². The zero-order valence-corrected chi connectivity index (χ0v) is 38.8. The molecule has 5 aliphatic heterocycles. The molecule has 10 rings (SSSR count). The number of imide groups is 2. The van der Waals surface area contributed by atoms with E-state index in [-0.39, 0.29) is 59.9 Å². The highest BCUT2D eigenvalue weighted by Crippen LogP contribution is 2.35. The third kappa shape index (κ3) is 9.94. The fraction of sp³-hybridized carbons (Fsp3) is 0.420. The number of piperazine rings is 1. The number of nitrogens with one attached hydrogen (secondary N) is 1. The molecule has 4 N–H and O–H groups in total. The topological polar surface area (TPSA) is 235 Å². The molecule has 4 saturated heterocycles. The van der Waals surface area contributed by atoms with Crippen LogP contribution in [0, 0.1) is 5.92 Å². The van der Waals surface area contributed by atoms with Gasteiger partial charge in [-0.25, -0.2) is 0 Å². The predicted octanol–water partition coefficient (Wildman–Crippen LogP) is 3.50. The number of rotatable bonds is 16. The van der Waals surface area contributed by atoms with Gasteiger partial charge in [0.1, 0.15) is 41.6 Å². The Balaban J connectivity index is 0.609. The Morgan fingerprint density at radius 1 is 0.800 bits per heavy atom. The minimum atomic E-state index is -1.06. The summed E-state index contributed by atoms with van der Waals surface area (Å²) in [6.45, 7) is 8.67. The minimum Gasteiger partial charge on any atom is -0.507 e. The molecule has 5 amide bonds. The molecule has 364 valence electrons. The van der Waals surface area contributed by atoms with E-state index in [1.165, 1.54) is 11.8 Å². The number of para-hydroxylation sites is 1. The van der Waals surface area contributed by atoms with Crippen LogP contribution in [0.4, 0.5) is 17.2 Å². The molecular formula is C50H56N12O8. The van der Waals surface area contributed by atoms with E-state index in [0.717, 1.165) is 95.2 Å². The lowest BCUT2D eigenvalue weighted by atomic mass is 9.98. The molecule has 0 spiro atoms. The minimum absolute atomic E-state index is 0.00289. The molecule has 20 heteroatoms. The second-order valence-electron chi connectivity index (χ2n) is 18.6. The SMILES string of the molecule is Nc1nnc(-c2ccccc2O)cc1OC1CCCN(c2ccc(N3CCN(CC4CN(C(=O)CCCCn5cc(COc6cccc7c6C(=O)N(C6CCC(=O)NC6=O)C7=O)nn5)C4)CC3)cc2)C1. The summed E-state index contributed by atoms with van der Waals surface area (Å²) < 4.78 is 14.0. The first-order valence-corrected chi connectivity index (χ1v) is 24.1. The van der Waals surface area contributed by atoms with E-state index in [2.05, 4.69) is 64.8 Å². The van der Waals surface area contributed by atoms with Crippen LogP contribution in [0.2, 0.25) is 0 Å². The molecule has 0 radical (unpaired) electrons. The molecule has 5 aliphatic rings. The van der Waals surface area contributed by atoms with E-state index in [4.69, 9.17) is 15.2 Å². The van der Waals surface area contributed by atoms with Gasteiger partial charge in [-0.15, -0.1) is 15.3 Å². The standard InChI is InChI=1S/C50H56N12O8/c51-47-43(25-39(54-55-47)37-8-1-2-10-41(37)63)70-36-7-6-19-59(30-36)35-15-13-34(14-16-35)58-23-21-57(22-24-58)26-32-27-60(28-32)45(65)12-3-4-20-61-29-33(53-56-61)31-69-42-11-5-9-38-46(42)50(68)62(49(38)67)40-17-18-44(64)52-48(40)66/h1-2,5,8-11,13-16,25,29,32,36,40,63H,3-4,6-7,12,17-24,26-28,30-31H2,(H2,51,55)(H,52,64,66). The van der Waals surface area contributed by atoms with Gasteiger partial charge in [0.05, 0.1) is 23.9 Å². The molecule has 3 aromatic carbocycles. The van der Waals surface area contributed by atoms with Gasteiger partial charge in [-0.05, 0) is 80.6 Å². The normalized spacial score (nSPS) is 19.8. The van der Waals surface area contributed by atoms with Crippen molar-refractivity contribution in [1.29, 1.82) is 0 Å². The van der Waals surface area contributed by atoms with Crippen molar-refractivity contribution in [2.45, 2.75) is 70.2 Å². The first-order valence-electron chi connectivity index (χ1n) is 24.1. The number of nitrogens with two attached hydrogens (primary N) is 1. The number of phenolic OH excluding ortho intramolecular Hbond substituents is 1. The molecule has 4 fully saturated rings. The Bertz CT molecular complexity index is 2770. The monoisotopic (exact) mass is 952 g/mol. The molecular weight excluding hydrogens is 897 g/mol. The fourth-order valence-corrected chi connectivity index (χ4v) is 10.0. The lowest BCUT2D eigenvalue weighted by Gasteiger charge is -2.44. The number of aromatic hydroxyl groups is 1. The second-order valence-corrected chi connectivity index (χ2v) is 18.6. The van der Waals surface area contributed by atoms with Crippen LogP contribution in [0.1, 0.15) is 71.4 Å². The van der Waals surface area contributed by atoms with E-state index in [1.54, 1.807) is 47.3 Å². The summed E-state index contributed by atoms with van der Waals surface area (Å²) in [4.78, 5) is 73.8. The van der Waals surface area contributed by atoms with Gasteiger partial charge in [0, 0.05) is 101 Å². The number of likely N-dealkylation sites (tertiary alicyclic amines) is 1. The summed E-state index contributed by atoms with van der Waals surface area (Å²) in [7, 11) is 0. The highest BCUT2D eigenvalue weighted by Gasteiger charge is 2.46. The van der Waals surface area contributed by atoms with Crippen molar-refractivity contribution in [3.8, 4) is 28.5 Å². The van der Waals surface area contributed by atoms with E-state index in [9.17, 15) is 29.1 Å². The number of hydrogen-bond donors (Lipinski definition) is 3. The maximum absolute atomic E-state index is 13.4. The third-order valence-corrected chi connectivity index (χ3v) is 13.8. The highest BCUT2D eigenvalue weighted by atomic mass is 16.5. The van der Waals surface area contributed by atoms with Crippen LogP contribution in [0.5, 0.6) is 17.2 Å². The zero-order chi connectivity index (χ0) is 48.3. The Hall–Kier alpha value is -7.61. The number of aryl methyl sites for hydroxylation is 1. The number of carbonyl (C=O) groups excluding carboxylic acids is 5. The van der Waals surface area contributed by atoms with E-state index in [1.807, 2.05) is 11.0 Å². The van der Waals surface area contributed by atoms with Crippen LogP contribution < -0.4 is 30.3 Å². The molecule has 0 bridgehead atoms. The summed E-state index contributed by atoms with van der Waals surface area (Å²) in [5.74, 6) is -0.686. The van der Waals surface area contributed by atoms with Crippen molar-refractivity contribution in [1.82, 2.24) is 45.2 Å². The molecule has 7 heterocycles. The number of nitrogen functional groups attached to an aromatic ring is 1. The Morgan fingerprint density at radius 3 is 2.36 bits per heavy atom. The summed E-state index contributed by atoms with van der Waals surface area (Å²) in [6, 6.07) is 21.2. The fourth-order valence-electron chi connectivity index (χ4n) is 10.0. The molecule has 2 unspecified atom stereocenters. The van der Waals surface area contributed by atoms with Crippen molar-refractivity contribution in [2.75, 3.05) is 74.4 Å². The Kier molecular flexibility index (Phi) is 13.3. The average molecular weight is 953 g/mol. The largest absolute Gasteiger partial charge is 0.507 e. The van der Waals surface area contributed by atoms with Gasteiger partial charge < -0.3 is 35.0 Å². The maximum Gasteiger partial charge on any atom is 0.266 e. The number of hydrogen-bond acceptors (Lipinski definition) is 16. The number of nitrogens with zero attached hydrogens (tertiary/aromatic N) is 10. The summed E-state index contributed by atoms with van der Waals surface area (Å²) in [5, 5.41) is 29.2.